The Morgan fingerprint density at radius 1 is 1.03 bits per heavy atom. The van der Waals surface area contributed by atoms with Crippen LogP contribution >= 0.6 is 55.1 Å². The van der Waals surface area contributed by atoms with Crippen molar-refractivity contribution in [3.8, 4) is 11.8 Å². The molecule has 0 spiro atoms. The molecule has 0 aliphatic rings. The maximum absolute atomic E-state index is 12.6. The lowest BCUT2D eigenvalue weighted by Crippen LogP contribution is -2.13. The van der Waals surface area contributed by atoms with Crippen LogP contribution in [0.25, 0.3) is 6.08 Å². The van der Waals surface area contributed by atoms with E-state index in [0.717, 1.165) is 0 Å². The molecule has 0 aromatic heterocycles. The molecular formula is C22H12Br2Cl2N2O4S. The minimum atomic E-state index is -4.07. The largest absolute Gasteiger partial charge is 0.377 e. The van der Waals surface area contributed by atoms with E-state index in [-0.39, 0.29) is 26.9 Å². The summed E-state index contributed by atoms with van der Waals surface area (Å²) in [5, 5.41) is 12.6. The number of benzene rings is 3. The molecule has 0 radical (unpaired) electrons. The highest BCUT2D eigenvalue weighted by atomic mass is 79.9. The Morgan fingerprint density at radius 2 is 1.67 bits per heavy atom. The third-order valence-corrected chi connectivity index (χ3v) is 7.08. The van der Waals surface area contributed by atoms with Gasteiger partial charge in [0, 0.05) is 5.02 Å². The first kappa shape index (κ1) is 25.3. The first-order chi connectivity index (χ1) is 15.6. The second-order valence-electron chi connectivity index (χ2n) is 6.41. The van der Waals surface area contributed by atoms with Crippen molar-refractivity contribution in [3.63, 3.8) is 0 Å². The lowest BCUT2D eigenvalue weighted by Gasteiger charge is -2.12. The third-order valence-electron chi connectivity index (χ3n) is 4.10. The summed E-state index contributed by atoms with van der Waals surface area (Å²) in [4.78, 5) is 12.6. The zero-order valence-corrected chi connectivity index (χ0v) is 21.9. The molecule has 6 nitrogen and oxygen atoms in total. The van der Waals surface area contributed by atoms with Crippen LogP contribution in [0.5, 0.6) is 5.75 Å². The van der Waals surface area contributed by atoms with Crippen LogP contribution in [-0.2, 0) is 14.9 Å². The van der Waals surface area contributed by atoms with Crippen molar-refractivity contribution in [2.24, 2.45) is 0 Å². The summed E-state index contributed by atoms with van der Waals surface area (Å²) >= 11 is 18.5. The van der Waals surface area contributed by atoms with Gasteiger partial charge in [-0.1, -0.05) is 41.4 Å². The number of hydrogen-bond acceptors (Lipinski definition) is 5. The second kappa shape index (κ2) is 10.7. The highest BCUT2D eigenvalue weighted by Crippen LogP contribution is 2.37. The molecule has 11 heteroatoms. The Balaban J connectivity index is 1.88. The van der Waals surface area contributed by atoms with E-state index >= 15 is 0 Å². The van der Waals surface area contributed by atoms with Crippen LogP contribution in [0.4, 0.5) is 5.69 Å². The molecule has 3 aromatic carbocycles. The Bertz CT molecular complexity index is 1380. The van der Waals surface area contributed by atoms with Crippen LogP contribution in [0.3, 0.4) is 0 Å². The molecule has 0 saturated heterocycles. The molecular weight excluding hydrogens is 619 g/mol. The van der Waals surface area contributed by atoms with E-state index in [1.807, 2.05) is 6.07 Å². The monoisotopic (exact) mass is 628 g/mol. The minimum absolute atomic E-state index is 0.00381. The Kier molecular flexibility index (Phi) is 8.21. The Hall–Kier alpha value is -2.35. The number of halogens is 4. The van der Waals surface area contributed by atoms with E-state index in [1.165, 1.54) is 42.5 Å². The molecule has 0 fully saturated rings. The van der Waals surface area contributed by atoms with E-state index in [9.17, 15) is 18.5 Å². The molecule has 3 rings (SSSR count). The van der Waals surface area contributed by atoms with Crippen molar-refractivity contribution < 1.29 is 17.4 Å². The van der Waals surface area contributed by atoms with Gasteiger partial charge in [0.05, 0.1) is 19.7 Å². The summed E-state index contributed by atoms with van der Waals surface area (Å²) in [7, 11) is -4.07. The number of nitriles is 1. The number of rotatable bonds is 6. The molecule has 0 aliphatic carbocycles. The standard InChI is InChI=1S/C22H12Br2Cl2N2O4S/c23-17-9-13(8-14(12-27)22(29)28-20-11-15(25)6-7-19(20)26)10-18(24)21(17)32-33(30,31)16-4-2-1-3-5-16/h1-11H,(H,28,29)/b14-8+. The van der Waals surface area contributed by atoms with E-state index in [4.69, 9.17) is 27.4 Å². The highest BCUT2D eigenvalue weighted by Gasteiger charge is 2.21. The topological polar surface area (TPSA) is 96.3 Å². The summed E-state index contributed by atoms with van der Waals surface area (Å²) in [6.45, 7) is 0. The third kappa shape index (κ3) is 6.37. The minimum Gasteiger partial charge on any atom is -0.377 e. The lowest BCUT2D eigenvalue weighted by molar-refractivity contribution is -0.112. The summed E-state index contributed by atoms with van der Waals surface area (Å²) in [5.41, 5.74) is 0.477. The summed E-state index contributed by atoms with van der Waals surface area (Å²) in [6.07, 6.45) is 1.33. The van der Waals surface area contributed by atoms with E-state index in [2.05, 4.69) is 37.2 Å². The quantitative estimate of drug-likeness (QED) is 0.183. The van der Waals surface area contributed by atoms with Crippen molar-refractivity contribution in [3.05, 3.63) is 90.8 Å². The fourth-order valence-electron chi connectivity index (χ4n) is 2.59. The Labute approximate surface area is 217 Å². The zero-order valence-electron chi connectivity index (χ0n) is 16.4. The molecule has 0 atom stereocenters. The predicted octanol–water partition coefficient (Wildman–Crippen LogP) is 6.83. The lowest BCUT2D eigenvalue weighted by atomic mass is 10.1. The average molecular weight is 631 g/mol. The number of anilines is 1. The van der Waals surface area contributed by atoms with Gasteiger partial charge in [0.1, 0.15) is 16.5 Å². The number of carbonyl (C=O) groups excluding carboxylic acids is 1. The first-order valence-electron chi connectivity index (χ1n) is 8.97. The van der Waals surface area contributed by atoms with Crippen LogP contribution < -0.4 is 9.50 Å². The smallest absolute Gasteiger partial charge is 0.339 e. The number of amides is 1. The molecule has 0 bridgehead atoms. The van der Waals surface area contributed by atoms with Gasteiger partial charge in [-0.15, -0.1) is 0 Å². The van der Waals surface area contributed by atoms with Gasteiger partial charge in [-0.2, -0.15) is 13.7 Å². The van der Waals surface area contributed by atoms with Gasteiger partial charge < -0.3 is 9.50 Å². The predicted molar refractivity (Wildman–Crippen MR) is 135 cm³/mol. The van der Waals surface area contributed by atoms with E-state index < -0.39 is 16.0 Å². The molecule has 33 heavy (non-hydrogen) atoms. The van der Waals surface area contributed by atoms with Gasteiger partial charge in [0.2, 0.25) is 0 Å². The van der Waals surface area contributed by atoms with Gasteiger partial charge in [0.15, 0.2) is 5.75 Å². The molecule has 0 saturated carbocycles. The van der Waals surface area contributed by atoms with Crippen molar-refractivity contribution in [1.82, 2.24) is 0 Å². The molecule has 3 aromatic rings. The van der Waals surface area contributed by atoms with Crippen LogP contribution in [0.2, 0.25) is 10.0 Å². The molecule has 0 heterocycles. The molecule has 1 N–H and O–H groups in total. The SMILES string of the molecule is N#C/C(=C\c1cc(Br)c(OS(=O)(=O)c2ccccc2)c(Br)c1)C(=O)Nc1cc(Cl)ccc1Cl. The van der Waals surface area contributed by atoms with Crippen molar-refractivity contribution in [1.29, 1.82) is 5.26 Å². The fourth-order valence-corrected chi connectivity index (χ4v) is 5.51. The molecule has 1 amide bonds. The van der Waals surface area contributed by atoms with Gasteiger partial charge >= 0.3 is 10.1 Å². The van der Waals surface area contributed by atoms with Crippen LogP contribution in [0.15, 0.2) is 80.1 Å². The number of carbonyl (C=O) groups is 1. The second-order valence-corrected chi connectivity index (χ2v) is 10.5. The fraction of sp³-hybridized carbons (Fsp3) is 0. The van der Waals surface area contributed by atoms with Crippen molar-refractivity contribution >= 4 is 82.9 Å². The van der Waals surface area contributed by atoms with E-state index in [1.54, 1.807) is 24.3 Å². The maximum Gasteiger partial charge on any atom is 0.339 e. The molecule has 0 aliphatic heterocycles. The average Bonchev–Trinajstić information content (AvgIpc) is 2.77. The Morgan fingerprint density at radius 3 is 2.27 bits per heavy atom. The first-order valence-corrected chi connectivity index (χ1v) is 12.7. The maximum atomic E-state index is 12.6. The van der Waals surface area contributed by atoms with Crippen molar-refractivity contribution in [2.75, 3.05) is 5.32 Å². The highest BCUT2D eigenvalue weighted by molar-refractivity contribution is 9.11. The zero-order chi connectivity index (χ0) is 24.2. The summed E-state index contributed by atoms with van der Waals surface area (Å²) in [6, 6.07) is 17.1. The van der Waals surface area contributed by atoms with Gasteiger partial charge in [-0.3, -0.25) is 4.79 Å². The van der Waals surface area contributed by atoms with Gasteiger partial charge in [-0.25, -0.2) is 0 Å². The van der Waals surface area contributed by atoms with Crippen LogP contribution in [-0.4, -0.2) is 14.3 Å². The summed E-state index contributed by atoms with van der Waals surface area (Å²) in [5.74, 6) is -0.675. The molecule has 0 unspecified atom stereocenters. The van der Waals surface area contributed by atoms with E-state index in [0.29, 0.717) is 19.5 Å². The number of nitrogens with zero attached hydrogens (tertiary/aromatic N) is 1. The van der Waals surface area contributed by atoms with Crippen molar-refractivity contribution in [2.45, 2.75) is 4.90 Å². The van der Waals surface area contributed by atoms with Gasteiger partial charge in [0.25, 0.3) is 5.91 Å². The normalized spacial score (nSPS) is 11.5. The molecule has 168 valence electrons. The van der Waals surface area contributed by atoms with Crippen LogP contribution in [0.1, 0.15) is 5.56 Å². The number of hydrogen-bond donors (Lipinski definition) is 1. The summed E-state index contributed by atoms with van der Waals surface area (Å²) < 4.78 is 30.9. The van der Waals surface area contributed by atoms with Gasteiger partial charge in [-0.05, 0) is 86.0 Å². The number of nitrogens with one attached hydrogen (secondary N) is 1. The van der Waals surface area contributed by atoms with Crippen LogP contribution in [0, 0.1) is 11.3 Å².